The fourth-order valence-electron chi connectivity index (χ4n) is 2.59. The van der Waals surface area contributed by atoms with Crippen LogP contribution in [0, 0.1) is 5.92 Å². The maximum absolute atomic E-state index is 11.4. The lowest BCUT2D eigenvalue weighted by Crippen LogP contribution is -2.36. The molecule has 20 heavy (non-hydrogen) atoms. The van der Waals surface area contributed by atoms with Crippen molar-refractivity contribution in [3.05, 3.63) is 24.3 Å². The van der Waals surface area contributed by atoms with Gasteiger partial charge in [-0.1, -0.05) is 12.1 Å². The summed E-state index contributed by atoms with van der Waals surface area (Å²) in [4.78, 5) is 13.8. The highest BCUT2D eigenvalue weighted by molar-refractivity contribution is 5.77. The van der Waals surface area contributed by atoms with Gasteiger partial charge in [0.15, 0.2) is 0 Å². The average molecular weight is 277 g/mol. The summed E-state index contributed by atoms with van der Waals surface area (Å²) in [5.41, 5.74) is 1.14. The predicted molar refractivity (Wildman–Crippen MR) is 80.3 cm³/mol. The van der Waals surface area contributed by atoms with Gasteiger partial charge >= 0.3 is 0 Å². The monoisotopic (exact) mass is 277 g/mol. The summed E-state index contributed by atoms with van der Waals surface area (Å²) < 4.78 is 5.40. The topological polar surface area (TPSA) is 53.6 Å². The summed E-state index contributed by atoms with van der Waals surface area (Å²) in [5, 5.41) is 5.82. The number of rotatable bonds is 6. The fourth-order valence-corrected chi connectivity index (χ4v) is 2.59. The van der Waals surface area contributed by atoms with Crippen molar-refractivity contribution >= 4 is 11.6 Å². The summed E-state index contributed by atoms with van der Waals surface area (Å²) in [5.74, 6) is 1.47. The molecule has 1 atom stereocenters. The lowest BCUT2D eigenvalue weighted by molar-refractivity contribution is -0.120. The van der Waals surface area contributed by atoms with Crippen LogP contribution in [0.15, 0.2) is 24.3 Å². The van der Waals surface area contributed by atoms with Gasteiger partial charge in [-0.05, 0) is 31.5 Å². The van der Waals surface area contributed by atoms with E-state index >= 15 is 0 Å². The number of para-hydroxylation sites is 2. The van der Waals surface area contributed by atoms with E-state index in [1.54, 1.807) is 14.2 Å². The number of hydrogen-bond acceptors (Lipinski definition) is 4. The summed E-state index contributed by atoms with van der Waals surface area (Å²) >= 11 is 0. The van der Waals surface area contributed by atoms with Crippen LogP contribution in [-0.2, 0) is 4.79 Å². The Morgan fingerprint density at radius 2 is 2.25 bits per heavy atom. The second kappa shape index (κ2) is 7.14. The third kappa shape index (κ3) is 3.63. The Labute approximate surface area is 120 Å². The SMILES string of the molecule is CNCC(=O)NCC1CCN(c2ccccc2OC)C1. The molecule has 110 valence electrons. The number of carbonyl (C=O) groups is 1. The highest BCUT2D eigenvalue weighted by Crippen LogP contribution is 2.31. The molecule has 2 rings (SSSR count). The Hall–Kier alpha value is -1.75. The number of amides is 1. The first-order chi connectivity index (χ1) is 9.74. The second-order valence-corrected chi connectivity index (χ2v) is 5.11. The van der Waals surface area contributed by atoms with E-state index in [1.807, 2.05) is 18.2 Å². The molecule has 0 aliphatic carbocycles. The molecule has 1 aromatic carbocycles. The third-order valence-corrected chi connectivity index (χ3v) is 3.64. The molecule has 1 aromatic rings. The zero-order chi connectivity index (χ0) is 14.4. The standard InChI is InChI=1S/C15H23N3O2/c1-16-10-15(19)17-9-12-7-8-18(11-12)13-5-3-4-6-14(13)20-2/h3-6,12,16H,7-11H2,1-2H3,(H,17,19). The maximum Gasteiger partial charge on any atom is 0.233 e. The van der Waals surface area contributed by atoms with Crippen molar-refractivity contribution in [2.24, 2.45) is 5.92 Å². The van der Waals surface area contributed by atoms with E-state index in [1.165, 1.54) is 0 Å². The first-order valence-electron chi connectivity index (χ1n) is 7.04. The average Bonchev–Trinajstić information content (AvgIpc) is 2.94. The summed E-state index contributed by atoms with van der Waals surface area (Å²) in [6.45, 7) is 3.09. The van der Waals surface area contributed by atoms with Crippen LogP contribution < -0.4 is 20.3 Å². The molecule has 5 nitrogen and oxygen atoms in total. The molecule has 5 heteroatoms. The molecule has 1 amide bonds. The van der Waals surface area contributed by atoms with Gasteiger partial charge in [-0.15, -0.1) is 0 Å². The Kier molecular flexibility index (Phi) is 5.24. The first kappa shape index (κ1) is 14.7. The predicted octanol–water partition coefficient (Wildman–Crippen LogP) is 0.857. The van der Waals surface area contributed by atoms with Crippen molar-refractivity contribution < 1.29 is 9.53 Å². The number of ether oxygens (including phenoxy) is 1. The minimum absolute atomic E-state index is 0.0586. The number of nitrogens with zero attached hydrogens (tertiary/aromatic N) is 1. The van der Waals surface area contributed by atoms with Crippen molar-refractivity contribution in [1.29, 1.82) is 0 Å². The highest BCUT2D eigenvalue weighted by atomic mass is 16.5. The quantitative estimate of drug-likeness (QED) is 0.810. The number of likely N-dealkylation sites (N-methyl/N-ethyl adjacent to an activating group) is 1. The molecular weight excluding hydrogens is 254 g/mol. The number of nitrogens with one attached hydrogen (secondary N) is 2. The number of methoxy groups -OCH3 is 1. The molecule has 0 radical (unpaired) electrons. The Morgan fingerprint density at radius 1 is 1.45 bits per heavy atom. The lowest BCUT2D eigenvalue weighted by Gasteiger charge is -2.21. The van der Waals surface area contributed by atoms with E-state index in [9.17, 15) is 4.79 Å². The number of hydrogen-bond donors (Lipinski definition) is 2. The van der Waals surface area contributed by atoms with E-state index < -0.39 is 0 Å². The van der Waals surface area contributed by atoms with Crippen molar-refractivity contribution in [2.45, 2.75) is 6.42 Å². The van der Waals surface area contributed by atoms with Gasteiger partial charge in [0.2, 0.25) is 5.91 Å². The molecule has 1 fully saturated rings. The number of benzene rings is 1. The highest BCUT2D eigenvalue weighted by Gasteiger charge is 2.24. The third-order valence-electron chi connectivity index (χ3n) is 3.64. The summed E-state index contributed by atoms with van der Waals surface area (Å²) in [6.07, 6.45) is 1.10. The molecule has 0 bridgehead atoms. The Morgan fingerprint density at radius 3 is 3.00 bits per heavy atom. The summed E-state index contributed by atoms with van der Waals surface area (Å²) in [6, 6.07) is 8.08. The van der Waals surface area contributed by atoms with Crippen LogP contribution >= 0.6 is 0 Å². The molecule has 0 saturated carbocycles. The Balaban J connectivity index is 1.87. The van der Waals surface area contributed by atoms with Gasteiger partial charge in [0, 0.05) is 19.6 Å². The van der Waals surface area contributed by atoms with Crippen LogP contribution in [0.2, 0.25) is 0 Å². The van der Waals surface area contributed by atoms with Crippen molar-refractivity contribution in [1.82, 2.24) is 10.6 Å². The fraction of sp³-hybridized carbons (Fsp3) is 0.533. The van der Waals surface area contributed by atoms with E-state index in [-0.39, 0.29) is 5.91 Å². The molecule has 1 heterocycles. The molecule has 2 N–H and O–H groups in total. The van der Waals surface area contributed by atoms with E-state index in [4.69, 9.17) is 4.74 Å². The molecule has 0 aromatic heterocycles. The smallest absolute Gasteiger partial charge is 0.233 e. The Bertz CT molecular complexity index is 450. The van der Waals surface area contributed by atoms with Gasteiger partial charge in [0.1, 0.15) is 5.75 Å². The zero-order valence-corrected chi connectivity index (χ0v) is 12.2. The van der Waals surface area contributed by atoms with Crippen LogP contribution in [0.5, 0.6) is 5.75 Å². The minimum atomic E-state index is 0.0586. The van der Waals surface area contributed by atoms with Gasteiger partial charge in [0.05, 0.1) is 19.3 Å². The molecule has 1 unspecified atom stereocenters. The van der Waals surface area contributed by atoms with Crippen LogP contribution in [0.25, 0.3) is 0 Å². The maximum atomic E-state index is 11.4. The van der Waals surface area contributed by atoms with Crippen LogP contribution in [0.4, 0.5) is 5.69 Å². The molecule has 1 saturated heterocycles. The van der Waals surface area contributed by atoms with Crippen molar-refractivity contribution in [2.75, 3.05) is 45.2 Å². The van der Waals surface area contributed by atoms with E-state index in [2.05, 4.69) is 21.6 Å². The number of carbonyl (C=O) groups excluding carboxylic acids is 1. The van der Waals surface area contributed by atoms with E-state index in [0.717, 1.165) is 37.5 Å². The van der Waals surface area contributed by atoms with Gasteiger partial charge in [-0.2, -0.15) is 0 Å². The second-order valence-electron chi connectivity index (χ2n) is 5.11. The van der Waals surface area contributed by atoms with Gasteiger partial charge < -0.3 is 20.3 Å². The van der Waals surface area contributed by atoms with Gasteiger partial charge in [-0.3, -0.25) is 4.79 Å². The zero-order valence-electron chi connectivity index (χ0n) is 12.2. The first-order valence-corrected chi connectivity index (χ1v) is 7.04. The van der Waals surface area contributed by atoms with Crippen molar-refractivity contribution in [3.8, 4) is 5.75 Å². The van der Waals surface area contributed by atoms with Crippen LogP contribution in [0.1, 0.15) is 6.42 Å². The minimum Gasteiger partial charge on any atom is -0.495 e. The normalized spacial score (nSPS) is 18.1. The largest absolute Gasteiger partial charge is 0.495 e. The van der Waals surface area contributed by atoms with Crippen LogP contribution in [-0.4, -0.2) is 46.2 Å². The van der Waals surface area contributed by atoms with E-state index in [0.29, 0.717) is 12.5 Å². The number of anilines is 1. The molecule has 0 spiro atoms. The molecule has 1 aliphatic rings. The van der Waals surface area contributed by atoms with Crippen molar-refractivity contribution in [3.63, 3.8) is 0 Å². The van der Waals surface area contributed by atoms with Crippen LogP contribution in [0.3, 0.4) is 0 Å². The molecule has 1 aliphatic heterocycles. The van der Waals surface area contributed by atoms with Gasteiger partial charge in [0.25, 0.3) is 0 Å². The summed E-state index contributed by atoms with van der Waals surface area (Å²) in [7, 11) is 3.48. The molecular formula is C15H23N3O2. The van der Waals surface area contributed by atoms with Gasteiger partial charge in [-0.25, -0.2) is 0 Å². The lowest BCUT2D eigenvalue weighted by atomic mass is 10.1.